The summed E-state index contributed by atoms with van der Waals surface area (Å²) in [7, 11) is 0. The Bertz CT molecular complexity index is 618. The first-order chi connectivity index (χ1) is 10.2. The lowest BCUT2D eigenvalue weighted by molar-refractivity contribution is -0.529. The van der Waals surface area contributed by atoms with Crippen molar-refractivity contribution in [1.82, 2.24) is 0 Å². The largest absolute Gasteiger partial charge is 0.267 e. The number of hydroxylamine groups is 1. The number of hydrogen-bond donors (Lipinski definition) is 0. The van der Waals surface area contributed by atoms with Crippen LogP contribution in [-0.4, -0.2) is 17.1 Å². The fourth-order valence-electron chi connectivity index (χ4n) is 2.77. The van der Waals surface area contributed by atoms with Gasteiger partial charge in [-0.1, -0.05) is 48.5 Å². The molecule has 1 heterocycles. The topological polar surface area (TPSA) is 55.6 Å². The molecule has 0 amide bonds. The summed E-state index contributed by atoms with van der Waals surface area (Å²) in [5.74, 6) is 0. The van der Waals surface area contributed by atoms with Crippen LogP contribution in [0.2, 0.25) is 0 Å². The van der Waals surface area contributed by atoms with Crippen LogP contribution in [0.25, 0.3) is 0 Å². The molecule has 5 heteroatoms. The average molecular weight is 284 g/mol. The van der Waals surface area contributed by atoms with Gasteiger partial charge in [0.05, 0.1) is 5.69 Å². The molecule has 108 valence electrons. The van der Waals surface area contributed by atoms with Gasteiger partial charge < -0.3 is 0 Å². The molecule has 3 rings (SSSR count). The second-order valence-electron chi connectivity index (χ2n) is 5.10. The maximum absolute atomic E-state index is 11.5. The zero-order valence-corrected chi connectivity index (χ0v) is 11.6. The monoisotopic (exact) mass is 284 g/mol. The predicted octanol–water partition coefficient (Wildman–Crippen LogP) is 3.21. The molecule has 3 atom stereocenters. The van der Waals surface area contributed by atoms with Gasteiger partial charge in [0.2, 0.25) is 0 Å². The summed E-state index contributed by atoms with van der Waals surface area (Å²) in [5.41, 5.74) is 1.70. The van der Waals surface area contributed by atoms with Gasteiger partial charge in [0.25, 0.3) is 6.04 Å². The normalized spacial score (nSPS) is 25.0. The SMILES string of the molecule is CC1ON(c2ccccc2)C(c2ccccc2)C1[N+](=O)[O-]. The van der Waals surface area contributed by atoms with Gasteiger partial charge in [-0.15, -0.1) is 0 Å². The fraction of sp³-hybridized carbons (Fsp3) is 0.250. The third-order valence-corrected chi connectivity index (χ3v) is 3.73. The maximum atomic E-state index is 11.5. The average Bonchev–Trinajstić information content (AvgIpc) is 2.86. The van der Waals surface area contributed by atoms with Gasteiger partial charge in [0, 0.05) is 4.92 Å². The highest BCUT2D eigenvalue weighted by molar-refractivity contribution is 5.47. The van der Waals surface area contributed by atoms with E-state index in [1.165, 1.54) is 0 Å². The summed E-state index contributed by atoms with van der Waals surface area (Å²) in [6.07, 6.45) is -0.481. The summed E-state index contributed by atoms with van der Waals surface area (Å²) < 4.78 is 0. The Morgan fingerprint density at radius 1 is 1.05 bits per heavy atom. The number of rotatable bonds is 3. The second kappa shape index (κ2) is 5.54. The Kier molecular flexibility index (Phi) is 3.58. The van der Waals surface area contributed by atoms with Crippen molar-refractivity contribution in [2.45, 2.75) is 25.1 Å². The summed E-state index contributed by atoms with van der Waals surface area (Å²) in [6, 6.07) is 17.7. The Hall–Kier alpha value is -2.40. The lowest BCUT2D eigenvalue weighted by atomic mass is 9.97. The van der Waals surface area contributed by atoms with Gasteiger partial charge in [-0.05, 0) is 24.6 Å². The van der Waals surface area contributed by atoms with E-state index in [-0.39, 0.29) is 4.92 Å². The third kappa shape index (κ3) is 2.48. The van der Waals surface area contributed by atoms with E-state index in [9.17, 15) is 10.1 Å². The molecule has 0 radical (unpaired) electrons. The van der Waals surface area contributed by atoms with Crippen LogP contribution in [0.3, 0.4) is 0 Å². The molecule has 0 spiro atoms. The smallest absolute Gasteiger partial charge is 0.264 e. The van der Waals surface area contributed by atoms with Crippen molar-refractivity contribution in [2.75, 3.05) is 5.06 Å². The molecule has 0 saturated carbocycles. The van der Waals surface area contributed by atoms with Crippen LogP contribution in [0, 0.1) is 10.1 Å². The molecule has 1 aliphatic rings. The number of nitro groups is 1. The number of nitrogens with zero attached hydrogens (tertiary/aromatic N) is 2. The molecular weight excluding hydrogens is 268 g/mol. The molecule has 0 N–H and O–H groups in total. The van der Waals surface area contributed by atoms with Gasteiger partial charge in [-0.3, -0.25) is 15.0 Å². The van der Waals surface area contributed by atoms with E-state index in [0.717, 1.165) is 11.3 Å². The van der Waals surface area contributed by atoms with Gasteiger partial charge >= 0.3 is 0 Å². The molecule has 1 saturated heterocycles. The minimum atomic E-state index is -0.799. The van der Waals surface area contributed by atoms with Crippen molar-refractivity contribution in [3.05, 3.63) is 76.3 Å². The minimum absolute atomic E-state index is 0.245. The van der Waals surface area contributed by atoms with Crippen molar-refractivity contribution >= 4 is 5.69 Å². The molecule has 1 fully saturated rings. The fourth-order valence-corrected chi connectivity index (χ4v) is 2.77. The van der Waals surface area contributed by atoms with Gasteiger partial charge in [0.1, 0.15) is 0 Å². The van der Waals surface area contributed by atoms with Crippen LogP contribution >= 0.6 is 0 Å². The van der Waals surface area contributed by atoms with Crippen LogP contribution in [0.4, 0.5) is 5.69 Å². The first-order valence-corrected chi connectivity index (χ1v) is 6.88. The molecule has 1 aliphatic heterocycles. The van der Waals surface area contributed by atoms with Crippen LogP contribution in [0.1, 0.15) is 18.5 Å². The van der Waals surface area contributed by atoms with Crippen LogP contribution in [0.5, 0.6) is 0 Å². The first-order valence-electron chi connectivity index (χ1n) is 6.88. The minimum Gasteiger partial charge on any atom is -0.264 e. The highest BCUT2D eigenvalue weighted by Gasteiger charge is 2.50. The molecule has 0 aliphatic carbocycles. The van der Waals surface area contributed by atoms with Crippen LogP contribution in [0.15, 0.2) is 60.7 Å². The van der Waals surface area contributed by atoms with Crippen molar-refractivity contribution in [1.29, 1.82) is 0 Å². The lowest BCUT2D eigenvalue weighted by Gasteiger charge is -2.24. The highest BCUT2D eigenvalue weighted by Crippen LogP contribution is 2.39. The molecule has 2 aromatic carbocycles. The van der Waals surface area contributed by atoms with E-state index in [0.29, 0.717) is 0 Å². The number of anilines is 1. The van der Waals surface area contributed by atoms with E-state index >= 15 is 0 Å². The molecule has 0 aromatic heterocycles. The zero-order chi connectivity index (χ0) is 14.8. The van der Waals surface area contributed by atoms with Crippen LogP contribution in [-0.2, 0) is 4.84 Å². The van der Waals surface area contributed by atoms with Crippen molar-refractivity contribution in [3.8, 4) is 0 Å². The standard InChI is InChI=1S/C16H16N2O3/c1-12-15(18(19)20)16(13-8-4-2-5-9-13)17(21-12)14-10-6-3-7-11-14/h2-12,15-16H,1H3. The van der Waals surface area contributed by atoms with E-state index in [1.54, 1.807) is 12.0 Å². The molecule has 2 aromatic rings. The quantitative estimate of drug-likeness (QED) is 0.641. The van der Waals surface area contributed by atoms with Crippen LogP contribution < -0.4 is 5.06 Å². The molecule has 5 nitrogen and oxygen atoms in total. The second-order valence-corrected chi connectivity index (χ2v) is 5.10. The van der Waals surface area contributed by atoms with E-state index in [1.807, 2.05) is 60.7 Å². The van der Waals surface area contributed by atoms with E-state index < -0.39 is 18.2 Å². The summed E-state index contributed by atoms with van der Waals surface area (Å²) in [4.78, 5) is 17.0. The van der Waals surface area contributed by atoms with Gasteiger partial charge in [0.15, 0.2) is 12.1 Å². The highest BCUT2D eigenvalue weighted by atomic mass is 16.7. The first kappa shape index (κ1) is 13.6. The predicted molar refractivity (Wildman–Crippen MR) is 79.4 cm³/mol. The number of para-hydroxylation sites is 1. The Balaban J connectivity index is 2.05. The van der Waals surface area contributed by atoms with Crippen molar-refractivity contribution < 1.29 is 9.76 Å². The zero-order valence-electron chi connectivity index (χ0n) is 11.6. The third-order valence-electron chi connectivity index (χ3n) is 3.73. The molecular formula is C16H16N2O3. The molecule has 0 bridgehead atoms. The Labute approximate surface area is 122 Å². The summed E-state index contributed by atoms with van der Waals surface area (Å²) in [6.45, 7) is 1.74. The molecule has 3 unspecified atom stereocenters. The Morgan fingerprint density at radius 3 is 2.19 bits per heavy atom. The lowest BCUT2D eigenvalue weighted by Crippen LogP contribution is -2.34. The van der Waals surface area contributed by atoms with E-state index in [2.05, 4.69) is 0 Å². The maximum Gasteiger partial charge on any atom is 0.267 e. The number of benzene rings is 2. The van der Waals surface area contributed by atoms with Gasteiger partial charge in [-0.2, -0.15) is 0 Å². The van der Waals surface area contributed by atoms with Gasteiger partial charge in [-0.25, -0.2) is 5.06 Å². The van der Waals surface area contributed by atoms with E-state index in [4.69, 9.17) is 4.84 Å². The molecule has 21 heavy (non-hydrogen) atoms. The van der Waals surface area contributed by atoms with Crippen molar-refractivity contribution in [3.63, 3.8) is 0 Å². The summed E-state index contributed by atoms with van der Waals surface area (Å²) >= 11 is 0. The Morgan fingerprint density at radius 2 is 1.62 bits per heavy atom. The number of hydrogen-bond acceptors (Lipinski definition) is 4. The van der Waals surface area contributed by atoms with Crippen molar-refractivity contribution in [2.24, 2.45) is 0 Å². The summed E-state index contributed by atoms with van der Waals surface area (Å²) in [5, 5.41) is 13.1.